The molecule has 2 N–H and O–H groups in total. The topological polar surface area (TPSA) is 69.1 Å². The molecule has 0 saturated carbocycles. The lowest BCUT2D eigenvalue weighted by atomic mass is 10.1. The molecule has 0 radical (unpaired) electrons. The van der Waals surface area contributed by atoms with Crippen LogP contribution in [0.3, 0.4) is 0 Å². The normalized spacial score (nSPS) is 9.82. The lowest BCUT2D eigenvalue weighted by Crippen LogP contribution is -2.09. The van der Waals surface area contributed by atoms with Crippen LogP contribution in [0.2, 0.25) is 0 Å². The number of nitrogens with zero attached hydrogens (tertiary/aromatic N) is 1. The van der Waals surface area contributed by atoms with Crippen molar-refractivity contribution in [3.05, 3.63) is 18.0 Å². The van der Waals surface area contributed by atoms with Gasteiger partial charge in [-0.3, -0.25) is 4.79 Å². The second-order valence-electron chi connectivity index (χ2n) is 2.35. The van der Waals surface area contributed by atoms with Crippen molar-refractivity contribution in [3.8, 4) is 0 Å². The van der Waals surface area contributed by atoms with Crippen LogP contribution in [-0.2, 0) is 11.2 Å². The highest BCUT2D eigenvalue weighted by atomic mass is 16.5. The van der Waals surface area contributed by atoms with Crippen molar-refractivity contribution in [3.63, 3.8) is 0 Å². The van der Waals surface area contributed by atoms with Crippen LogP contribution >= 0.6 is 0 Å². The standard InChI is InChI=1S/C7H10N2O2/c8-7(10)3-1-2-6-4-9-11-5-6/h4-5H,1-3H2,(H2,8,10). The number of aryl methyl sites for hydroxylation is 1. The van der Waals surface area contributed by atoms with Crippen molar-refractivity contribution in [1.82, 2.24) is 5.16 Å². The average Bonchev–Trinajstić information content (AvgIpc) is 2.39. The molecule has 1 amide bonds. The van der Waals surface area contributed by atoms with Gasteiger partial charge in [-0.05, 0) is 12.8 Å². The molecule has 0 aliphatic carbocycles. The first-order valence-corrected chi connectivity index (χ1v) is 3.45. The van der Waals surface area contributed by atoms with Crippen LogP contribution in [0.4, 0.5) is 0 Å². The number of aromatic nitrogens is 1. The van der Waals surface area contributed by atoms with Gasteiger partial charge < -0.3 is 10.3 Å². The van der Waals surface area contributed by atoms with Gasteiger partial charge in [-0.15, -0.1) is 0 Å². The number of carbonyl (C=O) groups excluding carboxylic acids is 1. The fourth-order valence-electron chi connectivity index (χ4n) is 0.817. The van der Waals surface area contributed by atoms with Crippen molar-refractivity contribution in [2.45, 2.75) is 19.3 Å². The Morgan fingerprint density at radius 3 is 3.09 bits per heavy atom. The van der Waals surface area contributed by atoms with Gasteiger partial charge in [0.15, 0.2) is 0 Å². The van der Waals surface area contributed by atoms with Crippen molar-refractivity contribution in [2.24, 2.45) is 5.73 Å². The van der Waals surface area contributed by atoms with Gasteiger partial charge in [-0.1, -0.05) is 5.16 Å². The van der Waals surface area contributed by atoms with E-state index in [4.69, 9.17) is 5.73 Å². The van der Waals surface area contributed by atoms with Crippen molar-refractivity contribution in [2.75, 3.05) is 0 Å². The van der Waals surface area contributed by atoms with E-state index in [1.54, 1.807) is 12.5 Å². The van der Waals surface area contributed by atoms with Crippen LogP contribution in [0.15, 0.2) is 17.0 Å². The molecule has 1 aromatic heterocycles. The minimum Gasteiger partial charge on any atom is -0.370 e. The van der Waals surface area contributed by atoms with Crippen LogP contribution < -0.4 is 5.73 Å². The third kappa shape index (κ3) is 2.84. The summed E-state index contributed by atoms with van der Waals surface area (Å²) in [5, 5.41) is 3.53. The monoisotopic (exact) mass is 154 g/mol. The van der Waals surface area contributed by atoms with E-state index in [-0.39, 0.29) is 5.91 Å². The fourth-order valence-corrected chi connectivity index (χ4v) is 0.817. The molecule has 60 valence electrons. The van der Waals surface area contributed by atoms with Gasteiger partial charge in [-0.25, -0.2) is 0 Å². The van der Waals surface area contributed by atoms with Crippen LogP contribution in [0.1, 0.15) is 18.4 Å². The zero-order valence-electron chi connectivity index (χ0n) is 6.12. The first-order valence-electron chi connectivity index (χ1n) is 3.45. The van der Waals surface area contributed by atoms with E-state index < -0.39 is 0 Å². The van der Waals surface area contributed by atoms with E-state index in [9.17, 15) is 4.79 Å². The Labute approximate surface area is 64.4 Å². The molecule has 4 nitrogen and oxygen atoms in total. The van der Waals surface area contributed by atoms with E-state index in [1.165, 1.54) is 0 Å². The maximum Gasteiger partial charge on any atom is 0.217 e. The Morgan fingerprint density at radius 1 is 1.73 bits per heavy atom. The van der Waals surface area contributed by atoms with Crippen LogP contribution in [0.5, 0.6) is 0 Å². The summed E-state index contributed by atoms with van der Waals surface area (Å²) in [5.41, 5.74) is 5.96. The summed E-state index contributed by atoms with van der Waals surface area (Å²) in [6.45, 7) is 0. The predicted molar refractivity (Wildman–Crippen MR) is 38.6 cm³/mol. The number of hydrogen-bond acceptors (Lipinski definition) is 3. The van der Waals surface area contributed by atoms with Gasteiger partial charge >= 0.3 is 0 Å². The summed E-state index contributed by atoms with van der Waals surface area (Å²) in [6.07, 6.45) is 5.19. The number of hydrogen-bond donors (Lipinski definition) is 1. The minimum atomic E-state index is -0.263. The second-order valence-corrected chi connectivity index (χ2v) is 2.35. The highest BCUT2D eigenvalue weighted by Crippen LogP contribution is 2.02. The summed E-state index contributed by atoms with van der Waals surface area (Å²) >= 11 is 0. The molecular weight excluding hydrogens is 144 g/mol. The van der Waals surface area contributed by atoms with Gasteiger partial charge in [0.25, 0.3) is 0 Å². The largest absolute Gasteiger partial charge is 0.370 e. The Hall–Kier alpha value is -1.32. The molecule has 0 unspecified atom stereocenters. The Bertz CT molecular complexity index is 218. The molecule has 0 atom stereocenters. The Morgan fingerprint density at radius 2 is 2.55 bits per heavy atom. The molecule has 0 fully saturated rings. The molecule has 0 spiro atoms. The summed E-state index contributed by atoms with van der Waals surface area (Å²) in [7, 11) is 0. The molecule has 0 aliphatic heterocycles. The number of rotatable bonds is 4. The van der Waals surface area contributed by atoms with E-state index in [1.807, 2.05) is 0 Å². The molecule has 0 aromatic carbocycles. The quantitative estimate of drug-likeness (QED) is 0.685. The number of primary amides is 1. The van der Waals surface area contributed by atoms with E-state index in [0.29, 0.717) is 6.42 Å². The van der Waals surface area contributed by atoms with Gasteiger partial charge in [0.2, 0.25) is 5.91 Å². The molecule has 0 bridgehead atoms. The molecular formula is C7H10N2O2. The van der Waals surface area contributed by atoms with Crippen LogP contribution in [0, 0.1) is 0 Å². The lowest BCUT2D eigenvalue weighted by Gasteiger charge is -1.92. The smallest absolute Gasteiger partial charge is 0.217 e. The van der Waals surface area contributed by atoms with E-state index in [2.05, 4.69) is 9.68 Å². The maximum atomic E-state index is 10.3. The number of carbonyl (C=O) groups is 1. The minimum absolute atomic E-state index is 0.263. The predicted octanol–water partition coefficient (Wildman–Crippen LogP) is 0.483. The van der Waals surface area contributed by atoms with Crippen LogP contribution in [0.25, 0.3) is 0 Å². The second kappa shape index (κ2) is 3.75. The summed E-state index contributed by atoms with van der Waals surface area (Å²) in [4.78, 5) is 10.3. The van der Waals surface area contributed by atoms with Gasteiger partial charge in [0.05, 0.1) is 6.20 Å². The van der Waals surface area contributed by atoms with Crippen molar-refractivity contribution >= 4 is 5.91 Å². The van der Waals surface area contributed by atoms with Gasteiger partial charge in [-0.2, -0.15) is 0 Å². The zero-order valence-corrected chi connectivity index (χ0v) is 6.12. The molecule has 1 aromatic rings. The van der Waals surface area contributed by atoms with Gasteiger partial charge in [0.1, 0.15) is 6.26 Å². The maximum absolute atomic E-state index is 10.3. The van der Waals surface area contributed by atoms with E-state index >= 15 is 0 Å². The SMILES string of the molecule is NC(=O)CCCc1cnoc1. The average molecular weight is 154 g/mol. The van der Waals surface area contributed by atoms with Crippen LogP contribution in [-0.4, -0.2) is 11.1 Å². The molecule has 0 saturated heterocycles. The Kier molecular flexibility index (Phi) is 2.66. The third-order valence-corrected chi connectivity index (χ3v) is 1.37. The highest BCUT2D eigenvalue weighted by molar-refractivity contribution is 5.73. The first kappa shape index (κ1) is 7.78. The number of amides is 1. The van der Waals surface area contributed by atoms with Crippen molar-refractivity contribution < 1.29 is 9.32 Å². The Balaban J connectivity index is 2.19. The highest BCUT2D eigenvalue weighted by Gasteiger charge is 1.97. The lowest BCUT2D eigenvalue weighted by molar-refractivity contribution is -0.118. The molecule has 4 heteroatoms. The molecule has 1 heterocycles. The summed E-state index contributed by atoms with van der Waals surface area (Å²) < 4.78 is 4.61. The third-order valence-electron chi connectivity index (χ3n) is 1.37. The first-order chi connectivity index (χ1) is 5.29. The van der Waals surface area contributed by atoms with E-state index in [0.717, 1.165) is 18.4 Å². The molecule has 1 rings (SSSR count). The summed E-state index contributed by atoms with van der Waals surface area (Å²) in [6, 6.07) is 0. The molecule has 0 aliphatic rings. The van der Waals surface area contributed by atoms with Crippen molar-refractivity contribution in [1.29, 1.82) is 0 Å². The fraction of sp³-hybridized carbons (Fsp3) is 0.429. The van der Waals surface area contributed by atoms with Gasteiger partial charge in [0, 0.05) is 12.0 Å². The molecule has 11 heavy (non-hydrogen) atoms. The summed E-state index contributed by atoms with van der Waals surface area (Å²) in [5.74, 6) is -0.263. The zero-order chi connectivity index (χ0) is 8.10. The number of nitrogens with two attached hydrogens (primary N) is 1.